The molecule has 8 heteroatoms. The third-order valence-corrected chi connectivity index (χ3v) is 5.21. The first kappa shape index (κ1) is 16.3. The topological polar surface area (TPSA) is 109 Å². The van der Waals surface area contributed by atoms with Gasteiger partial charge in [-0.2, -0.15) is 0 Å². The Hall–Kier alpha value is -2.03. The van der Waals surface area contributed by atoms with Gasteiger partial charge < -0.3 is 9.66 Å². The van der Waals surface area contributed by atoms with Crippen LogP contribution in [0.4, 0.5) is 0 Å². The maximum Gasteiger partial charge on any atom is 0.319 e. The van der Waals surface area contributed by atoms with Gasteiger partial charge in [0.05, 0.1) is 9.79 Å². The second-order valence-electron chi connectivity index (χ2n) is 4.45. The summed E-state index contributed by atoms with van der Waals surface area (Å²) in [6.07, 6.45) is 0. The van der Waals surface area contributed by atoms with Crippen LogP contribution in [0.5, 0.6) is 0 Å². The molecule has 0 aromatic heterocycles. The van der Waals surface area contributed by atoms with E-state index in [-0.39, 0.29) is 9.79 Å². The fourth-order valence-corrected chi connectivity index (χ4v) is 3.28. The fourth-order valence-electron chi connectivity index (χ4n) is 1.86. The van der Waals surface area contributed by atoms with E-state index in [2.05, 4.69) is 0 Å². The van der Waals surface area contributed by atoms with Crippen LogP contribution in [0.25, 0.3) is 11.1 Å². The molecule has 0 heterocycles. The Bertz CT molecular complexity index is 807. The quantitative estimate of drug-likeness (QED) is 0.803. The fraction of sp³-hybridized carbons (Fsp3) is 0.0714. The van der Waals surface area contributed by atoms with E-state index in [0.717, 1.165) is 5.56 Å². The average molecular weight is 340 g/mol. The Labute approximate surface area is 129 Å². The number of carboxylic acid groups (broad SMARTS) is 1. The van der Waals surface area contributed by atoms with Crippen molar-refractivity contribution in [2.75, 3.05) is 5.75 Å². The number of benzene rings is 2. The van der Waals surface area contributed by atoms with Gasteiger partial charge in [-0.25, -0.2) is 12.6 Å². The molecule has 0 radical (unpaired) electrons. The summed E-state index contributed by atoms with van der Waals surface area (Å²) < 4.78 is 43.4. The van der Waals surface area contributed by atoms with Crippen molar-refractivity contribution in [3.05, 3.63) is 48.5 Å². The van der Waals surface area contributed by atoms with E-state index in [4.69, 9.17) is 9.66 Å². The minimum Gasteiger partial charge on any atom is -0.480 e. The number of rotatable bonds is 5. The summed E-state index contributed by atoms with van der Waals surface area (Å²) in [5, 5.41) is 8.59. The first-order valence-electron chi connectivity index (χ1n) is 6.05. The van der Waals surface area contributed by atoms with Crippen molar-refractivity contribution >= 4 is 26.9 Å². The van der Waals surface area contributed by atoms with E-state index < -0.39 is 32.6 Å². The Morgan fingerprint density at radius 1 is 0.955 bits per heavy atom. The predicted molar refractivity (Wildman–Crippen MR) is 80.6 cm³/mol. The second-order valence-corrected chi connectivity index (χ2v) is 7.41. The largest absolute Gasteiger partial charge is 0.480 e. The van der Waals surface area contributed by atoms with Gasteiger partial charge in [-0.15, -0.1) is 0 Å². The lowest BCUT2D eigenvalue weighted by molar-refractivity contribution is -0.134. The molecule has 0 fully saturated rings. The van der Waals surface area contributed by atoms with Crippen molar-refractivity contribution in [2.45, 2.75) is 9.79 Å². The van der Waals surface area contributed by atoms with Gasteiger partial charge in [0.1, 0.15) is 0 Å². The number of hydrogen-bond donors (Lipinski definition) is 2. The van der Waals surface area contributed by atoms with Crippen LogP contribution in [0.3, 0.4) is 0 Å². The number of sulfone groups is 1. The van der Waals surface area contributed by atoms with Crippen LogP contribution < -0.4 is 0 Å². The summed E-state index contributed by atoms with van der Waals surface area (Å²) in [4.78, 5) is 10.7. The normalized spacial score (nSPS) is 12.8. The number of carbonyl (C=O) groups is 1. The summed E-state index contributed by atoms with van der Waals surface area (Å²) >= 11 is -2.05. The molecule has 0 amide bonds. The molecule has 1 unspecified atom stereocenters. The lowest BCUT2D eigenvalue weighted by Gasteiger charge is -2.05. The molecular weight excluding hydrogens is 328 g/mol. The molecule has 22 heavy (non-hydrogen) atoms. The Kier molecular flexibility index (Phi) is 4.74. The van der Waals surface area contributed by atoms with Gasteiger partial charge in [0.25, 0.3) is 0 Å². The molecule has 2 rings (SSSR count). The lowest BCUT2D eigenvalue weighted by Crippen LogP contribution is -2.15. The number of carboxylic acids is 1. The van der Waals surface area contributed by atoms with Crippen LogP contribution >= 0.6 is 0 Å². The molecule has 0 saturated heterocycles. The summed E-state index contributed by atoms with van der Waals surface area (Å²) in [6.45, 7) is 0. The first-order chi connectivity index (χ1) is 10.3. The minimum atomic E-state index is -3.85. The summed E-state index contributed by atoms with van der Waals surface area (Å²) in [6, 6.07) is 12.1. The zero-order valence-electron chi connectivity index (χ0n) is 11.2. The molecule has 0 aliphatic rings. The molecule has 0 spiro atoms. The monoisotopic (exact) mass is 340 g/mol. The molecule has 2 aromatic carbocycles. The van der Waals surface area contributed by atoms with E-state index in [1.165, 1.54) is 24.3 Å². The highest BCUT2D eigenvalue weighted by Gasteiger charge is 2.18. The van der Waals surface area contributed by atoms with Crippen LogP contribution in [0, 0.1) is 0 Å². The molecule has 1 atom stereocenters. The van der Waals surface area contributed by atoms with E-state index >= 15 is 0 Å². The van der Waals surface area contributed by atoms with Gasteiger partial charge in [0.15, 0.2) is 26.7 Å². The van der Waals surface area contributed by atoms with E-state index in [1.807, 2.05) is 0 Å². The maximum absolute atomic E-state index is 11.8. The highest BCUT2D eigenvalue weighted by atomic mass is 32.2. The average Bonchev–Trinajstić information content (AvgIpc) is 2.46. The Morgan fingerprint density at radius 2 is 1.41 bits per heavy atom. The SMILES string of the molecule is O=C(O)CS(=O)(=O)c1ccc(-c2ccc(S(=O)O)cc2)cc1. The molecule has 2 aromatic rings. The van der Waals surface area contributed by atoms with E-state index in [9.17, 15) is 17.4 Å². The second kappa shape index (κ2) is 6.39. The van der Waals surface area contributed by atoms with Crippen molar-refractivity contribution in [3.8, 4) is 11.1 Å². The van der Waals surface area contributed by atoms with Gasteiger partial charge in [-0.3, -0.25) is 4.79 Å². The number of aliphatic carboxylic acids is 1. The molecule has 2 N–H and O–H groups in total. The standard InChI is InChI=1S/C14H12O6S2/c15-14(16)9-22(19,20)13-7-3-11(4-8-13)10-1-5-12(6-2-10)21(17)18/h1-8H,9H2,(H,15,16)(H,17,18). The van der Waals surface area contributed by atoms with Crippen LogP contribution in [-0.4, -0.2) is 34.0 Å². The Morgan fingerprint density at radius 3 is 1.82 bits per heavy atom. The lowest BCUT2D eigenvalue weighted by atomic mass is 10.1. The van der Waals surface area contributed by atoms with Crippen molar-refractivity contribution in [1.82, 2.24) is 0 Å². The molecule has 6 nitrogen and oxygen atoms in total. The van der Waals surface area contributed by atoms with Crippen molar-refractivity contribution in [1.29, 1.82) is 0 Å². The highest BCUT2D eigenvalue weighted by Crippen LogP contribution is 2.23. The summed E-state index contributed by atoms with van der Waals surface area (Å²) in [7, 11) is -3.85. The van der Waals surface area contributed by atoms with Gasteiger partial charge in [0.2, 0.25) is 0 Å². The van der Waals surface area contributed by atoms with Crippen LogP contribution in [0.15, 0.2) is 58.3 Å². The predicted octanol–water partition coefficient (Wildman–Crippen LogP) is 1.79. The third kappa shape index (κ3) is 3.79. The molecular formula is C14H12O6S2. The number of hydrogen-bond acceptors (Lipinski definition) is 4. The molecule has 0 aliphatic carbocycles. The smallest absolute Gasteiger partial charge is 0.319 e. The molecule has 0 aliphatic heterocycles. The van der Waals surface area contributed by atoms with E-state index in [0.29, 0.717) is 5.56 Å². The maximum atomic E-state index is 11.8. The molecule has 116 valence electrons. The minimum absolute atomic E-state index is 0.0632. The highest BCUT2D eigenvalue weighted by molar-refractivity contribution is 7.92. The van der Waals surface area contributed by atoms with Gasteiger partial charge >= 0.3 is 5.97 Å². The zero-order chi connectivity index (χ0) is 16.3. The Balaban J connectivity index is 2.29. The van der Waals surface area contributed by atoms with Crippen molar-refractivity contribution in [2.24, 2.45) is 0 Å². The van der Waals surface area contributed by atoms with Gasteiger partial charge in [0, 0.05) is 0 Å². The van der Waals surface area contributed by atoms with Crippen molar-refractivity contribution in [3.63, 3.8) is 0 Å². The van der Waals surface area contributed by atoms with Gasteiger partial charge in [-0.05, 0) is 35.4 Å². The third-order valence-electron chi connectivity index (χ3n) is 2.92. The van der Waals surface area contributed by atoms with Gasteiger partial charge in [-0.1, -0.05) is 24.3 Å². The van der Waals surface area contributed by atoms with Crippen molar-refractivity contribution < 1.29 is 27.1 Å². The van der Waals surface area contributed by atoms with Crippen LogP contribution in [0.2, 0.25) is 0 Å². The molecule has 0 saturated carbocycles. The van der Waals surface area contributed by atoms with Crippen LogP contribution in [-0.2, 0) is 25.7 Å². The summed E-state index contributed by atoms with van der Waals surface area (Å²) in [5.74, 6) is -2.36. The van der Waals surface area contributed by atoms with Crippen LogP contribution in [0.1, 0.15) is 0 Å². The zero-order valence-corrected chi connectivity index (χ0v) is 12.8. The first-order valence-corrected chi connectivity index (χ1v) is 8.81. The van der Waals surface area contributed by atoms with E-state index in [1.54, 1.807) is 24.3 Å². The molecule has 0 bridgehead atoms. The summed E-state index contributed by atoms with van der Waals surface area (Å²) in [5.41, 5.74) is 1.46.